The van der Waals surface area contributed by atoms with Crippen LogP contribution in [0, 0.1) is 24.2 Å². The highest BCUT2D eigenvalue weighted by Crippen LogP contribution is 2.32. The van der Waals surface area contributed by atoms with E-state index in [0.29, 0.717) is 31.1 Å². The lowest BCUT2D eigenvalue weighted by Crippen LogP contribution is -2.48. The number of amides is 3. The SMILES string of the molecule is CC(=O)NCCCCCNC(=O)C1CC(c2cccc(C)c2)CN(C(=O)/C(C#N)=C/c2nccs2)C1. The first-order chi connectivity index (χ1) is 17.4. The number of nitrogens with zero attached hydrogens (tertiary/aromatic N) is 3. The van der Waals surface area contributed by atoms with Crippen LogP contribution in [-0.2, 0) is 14.4 Å². The molecule has 1 saturated heterocycles. The molecule has 0 spiro atoms. The van der Waals surface area contributed by atoms with Crippen molar-refractivity contribution in [1.29, 1.82) is 5.26 Å². The molecule has 1 aromatic heterocycles. The molecule has 9 heteroatoms. The average Bonchev–Trinajstić information content (AvgIpc) is 3.39. The Hall–Kier alpha value is -3.51. The van der Waals surface area contributed by atoms with Crippen molar-refractivity contribution >= 4 is 35.1 Å². The topological polar surface area (TPSA) is 115 Å². The zero-order valence-corrected chi connectivity index (χ0v) is 21.6. The molecule has 3 amide bonds. The largest absolute Gasteiger partial charge is 0.356 e. The number of thiazole rings is 1. The van der Waals surface area contributed by atoms with Gasteiger partial charge in [0.1, 0.15) is 16.6 Å². The van der Waals surface area contributed by atoms with Crippen LogP contribution in [0.3, 0.4) is 0 Å². The van der Waals surface area contributed by atoms with E-state index in [1.54, 1.807) is 16.5 Å². The van der Waals surface area contributed by atoms with Crippen molar-refractivity contribution in [2.45, 2.75) is 45.4 Å². The highest BCUT2D eigenvalue weighted by molar-refractivity contribution is 7.10. The standard InChI is InChI=1S/C27H33N5O3S/c1-19-7-6-8-21(13-19)23-14-24(26(34)31-10-5-3-4-9-29-20(2)33)18-32(17-23)27(35)22(16-28)15-25-30-11-12-36-25/h6-8,11-13,15,23-24H,3-5,9-10,14,17-18H2,1-2H3,(H,29,33)(H,31,34)/b22-15+. The van der Waals surface area contributed by atoms with Gasteiger partial charge in [-0.15, -0.1) is 11.3 Å². The number of unbranched alkanes of at least 4 members (excludes halogenated alkanes) is 2. The quantitative estimate of drug-likeness (QED) is 0.291. The van der Waals surface area contributed by atoms with Gasteiger partial charge in [-0.25, -0.2) is 4.98 Å². The van der Waals surface area contributed by atoms with Gasteiger partial charge in [0.15, 0.2) is 0 Å². The third-order valence-corrected chi connectivity index (χ3v) is 6.94. The molecule has 190 valence electrons. The Kier molecular flexibility index (Phi) is 10.2. The Balaban J connectivity index is 1.68. The van der Waals surface area contributed by atoms with E-state index in [1.807, 2.05) is 31.2 Å². The number of aryl methyl sites for hydroxylation is 1. The summed E-state index contributed by atoms with van der Waals surface area (Å²) in [6.45, 7) is 5.42. The number of rotatable bonds is 10. The highest BCUT2D eigenvalue weighted by atomic mass is 32.1. The number of nitrogens with one attached hydrogen (secondary N) is 2. The number of hydrogen-bond acceptors (Lipinski definition) is 6. The van der Waals surface area contributed by atoms with Gasteiger partial charge in [0.25, 0.3) is 5.91 Å². The van der Waals surface area contributed by atoms with Crippen molar-refractivity contribution in [3.8, 4) is 6.07 Å². The first-order valence-electron chi connectivity index (χ1n) is 12.3. The molecule has 8 nitrogen and oxygen atoms in total. The molecule has 0 radical (unpaired) electrons. The third kappa shape index (κ3) is 8.02. The predicted octanol–water partition coefficient (Wildman–Crippen LogP) is 3.41. The third-order valence-electron chi connectivity index (χ3n) is 6.22. The number of nitriles is 1. The van der Waals surface area contributed by atoms with Crippen molar-refractivity contribution in [3.63, 3.8) is 0 Å². The summed E-state index contributed by atoms with van der Waals surface area (Å²) in [5, 5.41) is 17.8. The van der Waals surface area contributed by atoms with Gasteiger partial charge >= 0.3 is 0 Å². The van der Waals surface area contributed by atoms with Crippen molar-refractivity contribution < 1.29 is 14.4 Å². The Labute approximate surface area is 216 Å². The van der Waals surface area contributed by atoms with Crippen molar-refractivity contribution in [2.75, 3.05) is 26.2 Å². The van der Waals surface area contributed by atoms with E-state index >= 15 is 0 Å². The molecule has 2 unspecified atom stereocenters. The molecule has 2 aromatic rings. The molecule has 2 heterocycles. The normalized spacial score (nSPS) is 17.8. The summed E-state index contributed by atoms with van der Waals surface area (Å²) in [7, 11) is 0. The minimum absolute atomic E-state index is 0.00388. The molecule has 36 heavy (non-hydrogen) atoms. The van der Waals surface area contributed by atoms with Crippen LogP contribution in [0.25, 0.3) is 6.08 Å². The maximum Gasteiger partial charge on any atom is 0.264 e. The van der Waals surface area contributed by atoms with E-state index in [9.17, 15) is 19.6 Å². The number of benzene rings is 1. The first-order valence-corrected chi connectivity index (χ1v) is 13.1. The predicted molar refractivity (Wildman–Crippen MR) is 140 cm³/mol. The zero-order chi connectivity index (χ0) is 25.9. The number of carbonyl (C=O) groups is 3. The lowest BCUT2D eigenvalue weighted by atomic mass is 9.83. The van der Waals surface area contributed by atoms with Crippen molar-refractivity contribution in [1.82, 2.24) is 20.5 Å². The molecule has 2 atom stereocenters. The second-order valence-electron chi connectivity index (χ2n) is 9.13. The van der Waals surface area contributed by atoms with Gasteiger partial charge in [-0.1, -0.05) is 29.8 Å². The van der Waals surface area contributed by atoms with Crippen LogP contribution in [0.2, 0.25) is 0 Å². The van der Waals surface area contributed by atoms with Gasteiger partial charge in [0.05, 0.1) is 5.92 Å². The molecule has 0 bridgehead atoms. The molecule has 2 N–H and O–H groups in total. The smallest absolute Gasteiger partial charge is 0.264 e. The summed E-state index contributed by atoms with van der Waals surface area (Å²) < 4.78 is 0. The number of piperidine rings is 1. The lowest BCUT2D eigenvalue weighted by molar-refractivity contribution is -0.133. The molecule has 0 aliphatic carbocycles. The van der Waals surface area contributed by atoms with Crippen LogP contribution in [0.15, 0.2) is 41.4 Å². The van der Waals surface area contributed by atoms with E-state index in [-0.39, 0.29) is 41.7 Å². The maximum atomic E-state index is 13.3. The van der Waals surface area contributed by atoms with Crippen LogP contribution in [0.1, 0.15) is 54.7 Å². The van der Waals surface area contributed by atoms with Crippen molar-refractivity contribution in [2.24, 2.45) is 5.92 Å². The molecule has 1 fully saturated rings. The van der Waals surface area contributed by atoms with Gasteiger partial charge < -0.3 is 15.5 Å². The Morgan fingerprint density at radius 1 is 1.19 bits per heavy atom. The summed E-state index contributed by atoms with van der Waals surface area (Å²) in [5.41, 5.74) is 2.23. The van der Waals surface area contributed by atoms with E-state index < -0.39 is 0 Å². The van der Waals surface area contributed by atoms with E-state index in [2.05, 4.69) is 21.7 Å². The molecule has 1 aliphatic heterocycles. The highest BCUT2D eigenvalue weighted by Gasteiger charge is 2.35. The number of hydrogen-bond donors (Lipinski definition) is 2. The average molecular weight is 508 g/mol. The zero-order valence-electron chi connectivity index (χ0n) is 20.8. The number of aromatic nitrogens is 1. The number of likely N-dealkylation sites (tertiary alicyclic amines) is 1. The van der Waals surface area contributed by atoms with E-state index in [4.69, 9.17) is 0 Å². The molecule has 3 rings (SSSR count). The molecule has 1 aromatic carbocycles. The summed E-state index contributed by atoms with van der Waals surface area (Å²) in [6.07, 6.45) is 6.36. The van der Waals surface area contributed by atoms with Crippen LogP contribution >= 0.6 is 11.3 Å². The maximum absolute atomic E-state index is 13.3. The lowest BCUT2D eigenvalue weighted by Gasteiger charge is -2.37. The van der Waals surface area contributed by atoms with Gasteiger partial charge in [0, 0.05) is 50.6 Å². The fraction of sp³-hybridized carbons (Fsp3) is 0.444. The van der Waals surface area contributed by atoms with Crippen molar-refractivity contribution in [3.05, 3.63) is 57.6 Å². The summed E-state index contributed by atoms with van der Waals surface area (Å²) in [6, 6.07) is 10.2. The summed E-state index contributed by atoms with van der Waals surface area (Å²) in [5.74, 6) is -0.859. The molecular weight excluding hydrogens is 474 g/mol. The van der Waals surface area contributed by atoms with Crippen LogP contribution in [0.5, 0.6) is 0 Å². The van der Waals surface area contributed by atoms with E-state index in [1.165, 1.54) is 24.3 Å². The summed E-state index contributed by atoms with van der Waals surface area (Å²) in [4.78, 5) is 43.1. The van der Waals surface area contributed by atoms with E-state index in [0.717, 1.165) is 30.4 Å². The minimum atomic E-state index is -0.374. The Morgan fingerprint density at radius 2 is 1.97 bits per heavy atom. The molecule has 0 saturated carbocycles. The fourth-order valence-electron chi connectivity index (χ4n) is 4.41. The minimum Gasteiger partial charge on any atom is -0.356 e. The van der Waals surface area contributed by atoms with Gasteiger partial charge in [-0.3, -0.25) is 14.4 Å². The number of carbonyl (C=O) groups excluding carboxylic acids is 3. The Morgan fingerprint density at radius 3 is 2.64 bits per heavy atom. The van der Waals surface area contributed by atoms with Crippen LogP contribution in [-0.4, -0.2) is 53.8 Å². The summed E-state index contributed by atoms with van der Waals surface area (Å²) >= 11 is 1.36. The second-order valence-corrected chi connectivity index (χ2v) is 10.1. The van der Waals surface area contributed by atoms with Crippen LogP contribution in [0.4, 0.5) is 0 Å². The van der Waals surface area contributed by atoms with Gasteiger partial charge in [-0.05, 0) is 44.2 Å². The Bertz CT molecular complexity index is 1120. The van der Waals surface area contributed by atoms with Gasteiger partial charge in [-0.2, -0.15) is 5.26 Å². The molecule has 1 aliphatic rings. The fourth-order valence-corrected chi connectivity index (χ4v) is 4.98. The van der Waals surface area contributed by atoms with Gasteiger partial charge in [0.2, 0.25) is 11.8 Å². The molecular formula is C27H33N5O3S. The monoisotopic (exact) mass is 507 g/mol. The first kappa shape index (κ1) is 27.1. The second kappa shape index (κ2) is 13.5. The van der Waals surface area contributed by atoms with Crippen LogP contribution < -0.4 is 10.6 Å².